The van der Waals surface area contributed by atoms with E-state index in [2.05, 4.69) is 6.07 Å². The Balaban J connectivity index is 1.30. The van der Waals surface area contributed by atoms with Crippen molar-refractivity contribution < 1.29 is 19.1 Å². The SMILES string of the molecule is O=C(OCC(=O)N1CCc2ccccc2C1)c1cccc(OCc2ccccc2)c1. The molecule has 30 heavy (non-hydrogen) atoms. The van der Waals surface area contributed by atoms with E-state index in [0.717, 1.165) is 17.5 Å². The molecular weight excluding hydrogens is 378 g/mol. The van der Waals surface area contributed by atoms with E-state index in [1.807, 2.05) is 48.5 Å². The monoisotopic (exact) mass is 401 g/mol. The van der Waals surface area contributed by atoms with E-state index in [1.165, 1.54) is 5.56 Å². The van der Waals surface area contributed by atoms with Crippen LogP contribution in [0.2, 0.25) is 0 Å². The summed E-state index contributed by atoms with van der Waals surface area (Å²) in [6.45, 7) is 1.33. The number of rotatable bonds is 6. The maximum absolute atomic E-state index is 12.5. The highest BCUT2D eigenvalue weighted by Crippen LogP contribution is 2.19. The van der Waals surface area contributed by atoms with Crippen molar-refractivity contribution in [1.82, 2.24) is 4.90 Å². The standard InChI is InChI=1S/C25H23NO4/c27-24(26-14-13-20-9-4-5-10-22(20)16-26)18-30-25(28)21-11-6-12-23(15-21)29-17-19-7-2-1-3-8-19/h1-12,15H,13-14,16-18H2. The fraction of sp³-hybridized carbons (Fsp3) is 0.200. The Morgan fingerprint density at radius 2 is 1.63 bits per heavy atom. The van der Waals surface area contributed by atoms with Gasteiger partial charge in [0.15, 0.2) is 6.61 Å². The second kappa shape index (κ2) is 9.27. The Morgan fingerprint density at radius 1 is 0.867 bits per heavy atom. The third-order valence-electron chi connectivity index (χ3n) is 5.13. The van der Waals surface area contributed by atoms with Gasteiger partial charge in [-0.05, 0) is 41.3 Å². The molecule has 1 aliphatic heterocycles. The Labute approximate surface area is 175 Å². The number of ether oxygens (including phenoxy) is 2. The summed E-state index contributed by atoms with van der Waals surface area (Å²) in [6.07, 6.45) is 0.816. The summed E-state index contributed by atoms with van der Waals surface area (Å²) < 4.78 is 11.0. The predicted molar refractivity (Wildman–Crippen MR) is 113 cm³/mol. The molecule has 0 fully saturated rings. The van der Waals surface area contributed by atoms with Crippen LogP contribution in [0.3, 0.4) is 0 Å². The summed E-state index contributed by atoms with van der Waals surface area (Å²) in [5, 5.41) is 0. The molecule has 5 heteroatoms. The molecule has 1 heterocycles. The van der Waals surface area contributed by atoms with Gasteiger partial charge in [0, 0.05) is 13.1 Å². The van der Waals surface area contributed by atoms with E-state index >= 15 is 0 Å². The van der Waals surface area contributed by atoms with Gasteiger partial charge in [0.1, 0.15) is 12.4 Å². The van der Waals surface area contributed by atoms with Crippen LogP contribution in [0, 0.1) is 0 Å². The lowest BCUT2D eigenvalue weighted by atomic mass is 10.00. The quantitative estimate of drug-likeness (QED) is 0.586. The number of fused-ring (bicyclic) bond motifs is 1. The third kappa shape index (κ3) is 4.87. The fourth-order valence-corrected chi connectivity index (χ4v) is 3.46. The van der Waals surface area contributed by atoms with Crippen LogP contribution in [0.5, 0.6) is 5.75 Å². The van der Waals surface area contributed by atoms with Gasteiger partial charge in [-0.1, -0.05) is 60.7 Å². The summed E-state index contributed by atoms with van der Waals surface area (Å²) in [4.78, 5) is 26.6. The highest BCUT2D eigenvalue weighted by atomic mass is 16.5. The van der Waals surface area contributed by atoms with Crippen molar-refractivity contribution in [3.05, 3.63) is 101 Å². The van der Waals surface area contributed by atoms with Crippen LogP contribution < -0.4 is 4.74 Å². The molecule has 5 nitrogen and oxygen atoms in total. The molecule has 3 aromatic rings. The predicted octanol–water partition coefficient (Wildman–Crippen LogP) is 4.01. The van der Waals surface area contributed by atoms with Gasteiger partial charge in [-0.25, -0.2) is 4.79 Å². The fourth-order valence-electron chi connectivity index (χ4n) is 3.46. The largest absolute Gasteiger partial charge is 0.489 e. The molecule has 0 saturated carbocycles. The molecular formula is C25H23NO4. The zero-order valence-corrected chi connectivity index (χ0v) is 16.6. The Morgan fingerprint density at radius 3 is 2.47 bits per heavy atom. The summed E-state index contributed by atoms with van der Waals surface area (Å²) in [5.74, 6) is -0.146. The lowest BCUT2D eigenvalue weighted by Gasteiger charge is -2.28. The zero-order chi connectivity index (χ0) is 20.8. The zero-order valence-electron chi connectivity index (χ0n) is 16.6. The molecule has 1 aliphatic rings. The van der Waals surface area contributed by atoms with Crippen LogP contribution in [0.25, 0.3) is 0 Å². The summed E-state index contributed by atoms with van der Waals surface area (Å²) in [5.41, 5.74) is 3.81. The smallest absolute Gasteiger partial charge is 0.338 e. The van der Waals surface area contributed by atoms with Gasteiger partial charge in [-0.15, -0.1) is 0 Å². The number of hydrogen-bond acceptors (Lipinski definition) is 4. The normalized spacial score (nSPS) is 12.7. The van der Waals surface area contributed by atoms with Crippen LogP contribution in [-0.2, 0) is 29.1 Å². The first-order valence-corrected chi connectivity index (χ1v) is 9.97. The van der Waals surface area contributed by atoms with E-state index in [4.69, 9.17) is 9.47 Å². The van der Waals surface area contributed by atoms with E-state index in [1.54, 1.807) is 29.2 Å². The van der Waals surface area contributed by atoms with Crippen LogP contribution >= 0.6 is 0 Å². The van der Waals surface area contributed by atoms with Gasteiger partial charge in [0.2, 0.25) is 0 Å². The molecule has 0 radical (unpaired) electrons. The van der Waals surface area contributed by atoms with E-state index in [0.29, 0.717) is 31.0 Å². The van der Waals surface area contributed by atoms with Crippen molar-refractivity contribution in [2.24, 2.45) is 0 Å². The van der Waals surface area contributed by atoms with Crippen molar-refractivity contribution in [1.29, 1.82) is 0 Å². The number of hydrogen-bond donors (Lipinski definition) is 0. The number of carbonyl (C=O) groups is 2. The molecule has 0 spiro atoms. The van der Waals surface area contributed by atoms with Crippen molar-refractivity contribution in [3.8, 4) is 5.75 Å². The van der Waals surface area contributed by atoms with Crippen LogP contribution in [-0.4, -0.2) is 29.9 Å². The first-order valence-electron chi connectivity index (χ1n) is 9.97. The highest BCUT2D eigenvalue weighted by molar-refractivity contribution is 5.91. The van der Waals surface area contributed by atoms with Crippen molar-refractivity contribution in [2.75, 3.05) is 13.2 Å². The molecule has 0 unspecified atom stereocenters. The first kappa shape index (κ1) is 19.7. The maximum atomic E-state index is 12.5. The second-order valence-corrected chi connectivity index (χ2v) is 7.21. The lowest BCUT2D eigenvalue weighted by molar-refractivity contribution is -0.135. The summed E-state index contributed by atoms with van der Waals surface area (Å²) >= 11 is 0. The molecule has 0 aliphatic carbocycles. The lowest BCUT2D eigenvalue weighted by Crippen LogP contribution is -2.38. The summed E-state index contributed by atoms with van der Waals surface area (Å²) in [7, 11) is 0. The minimum absolute atomic E-state index is 0.186. The third-order valence-corrected chi connectivity index (χ3v) is 5.13. The number of carbonyl (C=O) groups excluding carboxylic acids is 2. The number of benzene rings is 3. The number of amides is 1. The van der Waals surface area contributed by atoms with Crippen LogP contribution in [0.15, 0.2) is 78.9 Å². The Kier molecular flexibility index (Phi) is 6.09. The van der Waals surface area contributed by atoms with E-state index in [-0.39, 0.29) is 12.5 Å². The van der Waals surface area contributed by atoms with Gasteiger partial charge in [0.25, 0.3) is 5.91 Å². The maximum Gasteiger partial charge on any atom is 0.338 e. The van der Waals surface area contributed by atoms with Crippen LogP contribution in [0.1, 0.15) is 27.0 Å². The van der Waals surface area contributed by atoms with Crippen LogP contribution in [0.4, 0.5) is 0 Å². The second-order valence-electron chi connectivity index (χ2n) is 7.21. The Bertz CT molecular complexity index is 1030. The molecule has 0 atom stereocenters. The van der Waals surface area contributed by atoms with Gasteiger partial charge < -0.3 is 14.4 Å². The molecule has 0 N–H and O–H groups in total. The van der Waals surface area contributed by atoms with E-state index in [9.17, 15) is 9.59 Å². The summed E-state index contributed by atoms with van der Waals surface area (Å²) in [6, 6.07) is 24.7. The molecule has 4 rings (SSSR count). The topological polar surface area (TPSA) is 55.8 Å². The minimum Gasteiger partial charge on any atom is -0.489 e. The van der Waals surface area contributed by atoms with Gasteiger partial charge >= 0.3 is 5.97 Å². The highest BCUT2D eigenvalue weighted by Gasteiger charge is 2.21. The number of nitrogens with zero attached hydrogens (tertiary/aromatic N) is 1. The Hall–Kier alpha value is -3.60. The minimum atomic E-state index is -0.536. The average Bonchev–Trinajstić information content (AvgIpc) is 2.81. The van der Waals surface area contributed by atoms with E-state index < -0.39 is 5.97 Å². The molecule has 152 valence electrons. The first-order chi connectivity index (χ1) is 14.7. The van der Waals surface area contributed by atoms with Gasteiger partial charge in [-0.2, -0.15) is 0 Å². The molecule has 0 saturated heterocycles. The van der Waals surface area contributed by atoms with Gasteiger partial charge in [0.05, 0.1) is 5.56 Å². The van der Waals surface area contributed by atoms with Crippen molar-refractivity contribution in [3.63, 3.8) is 0 Å². The van der Waals surface area contributed by atoms with Crippen molar-refractivity contribution in [2.45, 2.75) is 19.6 Å². The molecule has 1 amide bonds. The molecule has 0 aromatic heterocycles. The average molecular weight is 401 g/mol. The molecule has 3 aromatic carbocycles. The number of esters is 1. The molecule has 0 bridgehead atoms. The van der Waals surface area contributed by atoms with Crippen molar-refractivity contribution >= 4 is 11.9 Å². The van der Waals surface area contributed by atoms with Gasteiger partial charge in [-0.3, -0.25) is 4.79 Å².